The zero-order valence-electron chi connectivity index (χ0n) is 14.9. The minimum Gasteiger partial charge on any atom is -0.476 e. The summed E-state index contributed by atoms with van der Waals surface area (Å²) in [5.41, 5.74) is 3.99. The molecule has 2 amide bonds. The molecule has 7 nitrogen and oxygen atoms in total. The summed E-state index contributed by atoms with van der Waals surface area (Å²) in [4.78, 5) is 35.9. The predicted octanol–water partition coefficient (Wildman–Crippen LogP) is 2.71. The zero-order valence-corrected chi connectivity index (χ0v) is 15.8. The summed E-state index contributed by atoms with van der Waals surface area (Å²) in [7, 11) is 0. The fourth-order valence-corrected chi connectivity index (χ4v) is 2.80. The van der Waals surface area contributed by atoms with Gasteiger partial charge in [-0.3, -0.25) is 9.59 Å². The van der Waals surface area contributed by atoms with E-state index in [0.717, 1.165) is 11.3 Å². The number of halogens is 1. The fourth-order valence-electron chi connectivity index (χ4n) is 2.01. The molecular formula is C18H19FN2O5S. The van der Waals surface area contributed by atoms with Crippen molar-refractivity contribution in [2.75, 3.05) is 5.32 Å². The molecule has 2 rings (SSSR count). The molecule has 1 atom stereocenters. The van der Waals surface area contributed by atoms with E-state index in [4.69, 9.17) is 15.2 Å². The number of primary amides is 1. The second-order valence-corrected chi connectivity index (χ2v) is 7.05. The number of amides is 2. The van der Waals surface area contributed by atoms with Crippen molar-refractivity contribution in [3.05, 3.63) is 47.1 Å². The SMILES string of the molecule is C[C@@H](OC(=O)C(C)(C)Oc1ccc(F)cc1)C(=O)Nc1sccc1C(N)=O. The van der Waals surface area contributed by atoms with Gasteiger partial charge in [-0.15, -0.1) is 11.3 Å². The van der Waals surface area contributed by atoms with Gasteiger partial charge in [0.1, 0.15) is 16.6 Å². The van der Waals surface area contributed by atoms with Gasteiger partial charge < -0.3 is 20.5 Å². The topological polar surface area (TPSA) is 108 Å². The lowest BCUT2D eigenvalue weighted by atomic mass is 10.1. The zero-order chi connectivity index (χ0) is 20.2. The fraction of sp³-hybridized carbons (Fsp3) is 0.278. The maximum absolute atomic E-state index is 13.0. The van der Waals surface area contributed by atoms with Gasteiger partial charge in [0.25, 0.3) is 11.8 Å². The number of carbonyl (C=O) groups excluding carboxylic acids is 3. The average Bonchev–Trinajstić information content (AvgIpc) is 3.05. The van der Waals surface area contributed by atoms with Crippen LogP contribution in [0.1, 0.15) is 31.1 Å². The summed E-state index contributed by atoms with van der Waals surface area (Å²) in [5.74, 6) is -2.23. The van der Waals surface area contributed by atoms with Gasteiger partial charge in [-0.25, -0.2) is 9.18 Å². The molecule has 0 spiro atoms. The molecule has 0 aliphatic carbocycles. The molecule has 3 N–H and O–H groups in total. The van der Waals surface area contributed by atoms with Crippen LogP contribution in [0.5, 0.6) is 5.75 Å². The first-order valence-corrected chi connectivity index (χ1v) is 8.82. The summed E-state index contributed by atoms with van der Waals surface area (Å²) in [5, 5.41) is 4.38. The Morgan fingerprint density at radius 3 is 2.41 bits per heavy atom. The first-order chi connectivity index (χ1) is 12.6. The highest BCUT2D eigenvalue weighted by Crippen LogP contribution is 2.24. The Bertz CT molecular complexity index is 848. The van der Waals surface area contributed by atoms with Crippen molar-refractivity contribution in [2.24, 2.45) is 5.73 Å². The molecule has 1 heterocycles. The van der Waals surface area contributed by atoms with Crippen molar-refractivity contribution in [2.45, 2.75) is 32.5 Å². The molecule has 0 saturated carbocycles. The number of hydrogen-bond donors (Lipinski definition) is 2. The maximum atomic E-state index is 13.0. The molecule has 0 aliphatic rings. The number of esters is 1. The number of anilines is 1. The van der Waals surface area contributed by atoms with E-state index in [1.807, 2.05) is 0 Å². The summed E-state index contributed by atoms with van der Waals surface area (Å²) < 4.78 is 23.6. The smallest absolute Gasteiger partial charge is 0.350 e. The number of nitrogens with one attached hydrogen (secondary N) is 1. The van der Waals surface area contributed by atoms with Crippen molar-refractivity contribution < 1.29 is 28.2 Å². The van der Waals surface area contributed by atoms with Gasteiger partial charge in [-0.05, 0) is 56.5 Å². The molecule has 9 heteroatoms. The van der Waals surface area contributed by atoms with Crippen LogP contribution in [0.15, 0.2) is 35.7 Å². The molecule has 27 heavy (non-hydrogen) atoms. The lowest BCUT2D eigenvalue weighted by Crippen LogP contribution is -2.43. The van der Waals surface area contributed by atoms with E-state index >= 15 is 0 Å². The third kappa shape index (κ3) is 5.27. The van der Waals surface area contributed by atoms with Crippen LogP contribution in [0, 0.1) is 5.82 Å². The minimum absolute atomic E-state index is 0.173. The highest BCUT2D eigenvalue weighted by atomic mass is 32.1. The van der Waals surface area contributed by atoms with Crippen LogP contribution in [-0.2, 0) is 14.3 Å². The Balaban J connectivity index is 1.98. The van der Waals surface area contributed by atoms with Gasteiger partial charge >= 0.3 is 5.97 Å². The van der Waals surface area contributed by atoms with Crippen LogP contribution in [0.2, 0.25) is 0 Å². The van der Waals surface area contributed by atoms with Gasteiger partial charge in [0.15, 0.2) is 11.7 Å². The van der Waals surface area contributed by atoms with E-state index in [9.17, 15) is 18.8 Å². The van der Waals surface area contributed by atoms with E-state index in [1.165, 1.54) is 51.1 Å². The number of carbonyl (C=O) groups is 3. The maximum Gasteiger partial charge on any atom is 0.350 e. The van der Waals surface area contributed by atoms with E-state index in [0.29, 0.717) is 0 Å². The Morgan fingerprint density at radius 1 is 1.19 bits per heavy atom. The standard InChI is InChI=1S/C18H19FN2O5S/c1-10(15(23)21-16-13(14(20)22)8-9-27-16)25-17(24)18(2,3)26-12-6-4-11(19)5-7-12/h4-10H,1-3H3,(H2,20,22)(H,21,23)/t10-/m1/s1. The molecule has 0 bridgehead atoms. The van der Waals surface area contributed by atoms with Gasteiger partial charge in [-0.2, -0.15) is 0 Å². The summed E-state index contributed by atoms with van der Waals surface area (Å²) >= 11 is 1.12. The highest BCUT2D eigenvalue weighted by molar-refractivity contribution is 7.14. The monoisotopic (exact) mass is 394 g/mol. The van der Waals surface area contributed by atoms with E-state index < -0.39 is 35.3 Å². The van der Waals surface area contributed by atoms with Gasteiger partial charge in [0, 0.05) is 0 Å². The summed E-state index contributed by atoms with van der Waals surface area (Å²) in [6.07, 6.45) is -1.14. The molecule has 0 aliphatic heterocycles. The van der Waals surface area contributed by atoms with E-state index in [2.05, 4.69) is 5.32 Å². The number of thiophene rings is 1. The lowest BCUT2D eigenvalue weighted by molar-refractivity contribution is -0.166. The van der Waals surface area contributed by atoms with Crippen LogP contribution in [0.3, 0.4) is 0 Å². The molecule has 2 aromatic rings. The van der Waals surface area contributed by atoms with E-state index in [1.54, 1.807) is 5.38 Å². The lowest BCUT2D eigenvalue weighted by Gasteiger charge is -2.26. The number of hydrogen-bond acceptors (Lipinski definition) is 6. The third-order valence-electron chi connectivity index (χ3n) is 3.50. The molecule has 1 aromatic carbocycles. The molecule has 0 saturated heterocycles. The van der Waals surface area contributed by atoms with Crippen molar-refractivity contribution in [3.63, 3.8) is 0 Å². The van der Waals surface area contributed by atoms with Crippen molar-refractivity contribution in [3.8, 4) is 5.75 Å². The van der Waals surface area contributed by atoms with Crippen molar-refractivity contribution in [1.82, 2.24) is 0 Å². The quantitative estimate of drug-likeness (QED) is 0.702. The Labute approximate surface area is 159 Å². The first kappa shape index (κ1) is 20.4. The molecular weight excluding hydrogens is 375 g/mol. The molecule has 0 radical (unpaired) electrons. The van der Waals surface area contributed by atoms with Gasteiger partial charge in [-0.1, -0.05) is 0 Å². The molecule has 1 aromatic heterocycles. The normalized spacial score (nSPS) is 12.1. The third-order valence-corrected chi connectivity index (χ3v) is 4.33. The van der Waals surface area contributed by atoms with Crippen LogP contribution in [0.4, 0.5) is 9.39 Å². The van der Waals surface area contributed by atoms with Gasteiger partial charge in [0.2, 0.25) is 0 Å². The average molecular weight is 394 g/mol. The Kier molecular flexibility index (Phi) is 6.17. The largest absolute Gasteiger partial charge is 0.476 e. The van der Waals surface area contributed by atoms with Crippen LogP contribution in [-0.4, -0.2) is 29.5 Å². The minimum atomic E-state index is -1.41. The van der Waals surface area contributed by atoms with Crippen LogP contribution < -0.4 is 15.8 Å². The Hall–Kier alpha value is -2.94. The number of nitrogens with two attached hydrogens (primary N) is 1. The van der Waals surface area contributed by atoms with Crippen LogP contribution >= 0.6 is 11.3 Å². The Morgan fingerprint density at radius 2 is 1.81 bits per heavy atom. The molecule has 0 unspecified atom stereocenters. The van der Waals surface area contributed by atoms with Crippen molar-refractivity contribution >= 4 is 34.1 Å². The van der Waals surface area contributed by atoms with Crippen molar-refractivity contribution in [1.29, 1.82) is 0 Å². The molecule has 0 fully saturated rings. The number of benzene rings is 1. The second-order valence-electron chi connectivity index (χ2n) is 6.13. The molecule has 144 valence electrons. The number of ether oxygens (including phenoxy) is 2. The van der Waals surface area contributed by atoms with E-state index in [-0.39, 0.29) is 16.3 Å². The first-order valence-electron chi connectivity index (χ1n) is 7.94. The van der Waals surface area contributed by atoms with Gasteiger partial charge in [0.05, 0.1) is 5.56 Å². The van der Waals surface area contributed by atoms with Crippen LogP contribution in [0.25, 0.3) is 0 Å². The highest BCUT2D eigenvalue weighted by Gasteiger charge is 2.34. The summed E-state index contributed by atoms with van der Waals surface area (Å²) in [6, 6.07) is 6.64. The predicted molar refractivity (Wildman–Crippen MR) is 98.1 cm³/mol. The summed E-state index contributed by atoms with van der Waals surface area (Å²) in [6.45, 7) is 4.32. The second kappa shape index (κ2) is 8.17. The number of rotatable bonds is 7.